The zero-order valence-electron chi connectivity index (χ0n) is 7.48. The van der Waals surface area contributed by atoms with Crippen LogP contribution in [0.2, 0.25) is 0 Å². The average molecular weight is 172 g/mol. The number of amidine groups is 1. The Morgan fingerprint density at radius 3 is 2.73 bits per heavy atom. The third kappa shape index (κ3) is 3.65. The Balaban J connectivity index is 2.22. The van der Waals surface area contributed by atoms with E-state index in [0.717, 1.165) is 18.8 Å². The zero-order valence-corrected chi connectivity index (χ0v) is 8.29. The molecule has 0 aliphatic carbocycles. The quantitative estimate of drug-likeness (QED) is 0.683. The fraction of sp³-hybridized carbons (Fsp3) is 0.875. The number of nitrogens with one attached hydrogen (secondary N) is 1. The second-order valence-electron chi connectivity index (χ2n) is 3.66. The molecule has 1 aliphatic heterocycles. The predicted octanol–water partition coefficient (Wildman–Crippen LogP) is 1.52. The average Bonchev–Trinajstić information content (AvgIpc) is 2.32. The van der Waals surface area contributed by atoms with Gasteiger partial charge in [-0.3, -0.25) is 4.99 Å². The highest BCUT2D eigenvalue weighted by molar-refractivity contribution is 8.01. The SMILES string of the molecule is CC(C)(C)SCC1=NCCN1. The van der Waals surface area contributed by atoms with Gasteiger partial charge in [-0.25, -0.2) is 0 Å². The third-order valence-corrected chi connectivity index (χ3v) is 2.67. The standard InChI is InChI=1S/C8H16N2S/c1-8(2,3)11-6-7-9-4-5-10-7/h4-6H2,1-3H3,(H,9,10). The molecule has 0 fully saturated rings. The molecule has 2 nitrogen and oxygen atoms in total. The summed E-state index contributed by atoms with van der Waals surface area (Å²) in [6.45, 7) is 8.67. The van der Waals surface area contributed by atoms with Gasteiger partial charge in [0.2, 0.25) is 0 Å². The highest BCUT2D eigenvalue weighted by atomic mass is 32.2. The third-order valence-electron chi connectivity index (χ3n) is 1.39. The first kappa shape index (κ1) is 8.91. The van der Waals surface area contributed by atoms with Crippen LogP contribution in [-0.4, -0.2) is 29.4 Å². The van der Waals surface area contributed by atoms with Crippen molar-refractivity contribution in [1.29, 1.82) is 0 Å². The minimum absolute atomic E-state index is 0.354. The van der Waals surface area contributed by atoms with Crippen LogP contribution in [-0.2, 0) is 0 Å². The molecule has 0 aromatic rings. The molecule has 1 N–H and O–H groups in total. The van der Waals surface area contributed by atoms with Gasteiger partial charge in [-0.05, 0) is 0 Å². The van der Waals surface area contributed by atoms with Crippen molar-refractivity contribution in [1.82, 2.24) is 5.32 Å². The van der Waals surface area contributed by atoms with Gasteiger partial charge < -0.3 is 5.32 Å². The Kier molecular flexibility index (Phi) is 2.82. The minimum Gasteiger partial charge on any atom is -0.371 e. The Morgan fingerprint density at radius 1 is 1.55 bits per heavy atom. The molecule has 3 heteroatoms. The second-order valence-corrected chi connectivity index (χ2v) is 5.46. The molecule has 0 radical (unpaired) electrons. The van der Waals surface area contributed by atoms with Gasteiger partial charge in [-0.1, -0.05) is 20.8 Å². The highest BCUT2D eigenvalue weighted by Crippen LogP contribution is 2.22. The summed E-state index contributed by atoms with van der Waals surface area (Å²) in [6.07, 6.45) is 0. The van der Waals surface area contributed by atoms with Crippen molar-refractivity contribution in [2.24, 2.45) is 4.99 Å². The van der Waals surface area contributed by atoms with Crippen molar-refractivity contribution in [2.45, 2.75) is 25.5 Å². The van der Waals surface area contributed by atoms with Gasteiger partial charge in [-0.15, -0.1) is 11.8 Å². The van der Waals surface area contributed by atoms with Crippen LogP contribution >= 0.6 is 11.8 Å². The van der Waals surface area contributed by atoms with E-state index >= 15 is 0 Å². The molecule has 0 unspecified atom stereocenters. The van der Waals surface area contributed by atoms with Crippen molar-refractivity contribution < 1.29 is 0 Å². The van der Waals surface area contributed by atoms with Crippen molar-refractivity contribution in [2.75, 3.05) is 18.8 Å². The van der Waals surface area contributed by atoms with Gasteiger partial charge in [-0.2, -0.15) is 0 Å². The minimum atomic E-state index is 0.354. The van der Waals surface area contributed by atoms with E-state index in [2.05, 4.69) is 31.1 Å². The molecule has 0 saturated carbocycles. The zero-order chi connectivity index (χ0) is 8.32. The van der Waals surface area contributed by atoms with Crippen LogP contribution in [0.5, 0.6) is 0 Å². The number of thioether (sulfide) groups is 1. The number of nitrogens with zero attached hydrogens (tertiary/aromatic N) is 1. The number of rotatable bonds is 2. The molecule has 0 aromatic heterocycles. The van der Waals surface area contributed by atoms with Gasteiger partial charge in [0.25, 0.3) is 0 Å². The largest absolute Gasteiger partial charge is 0.371 e. The van der Waals surface area contributed by atoms with Crippen molar-refractivity contribution >= 4 is 17.6 Å². The summed E-state index contributed by atoms with van der Waals surface area (Å²) in [5, 5.41) is 3.26. The maximum absolute atomic E-state index is 4.32. The van der Waals surface area contributed by atoms with Crippen LogP contribution in [0.3, 0.4) is 0 Å². The molecule has 0 spiro atoms. The summed E-state index contributed by atoms with van der Waals surface area (Å²) in [6, 6.07) is 0. The lowest BCUT2D eigenvalue weighted by molar-refractivity contribution is 0.805. The van der Waals surface area contributed by atoms with E-state index in [4.69, 9.17) is 0 Å². The van der Waals surface area contributed by atoms with Gasteiger partial charge in [0.15, 0.2) is 0 Å². The topological polar surface area (TPSA) is 24.4 Å². The lowest BCUT2D eigenvalue weighted by Gasteiger charge is -2.17. The Labute approximate surface area is 72.9 Å². The smallest absolute Gasteiger partial charge is 0.106 e. The van der Waals surface area contributed by atoms with E-state index in [0.29, 0.717) is 4.75 Å². The lowest BCUT2D eigenvalue weighted by atomic mass is 10.3. The molecule has 0 atom stereocenters. The molecular weight excluding hydrogens is 156 g/mol. The Hall–Kier alpha value is -0.180. The van der Waals surface area contributed by atoms with Crippen molar-refractivity contribution in [3.05, 3.63) is 0 Å². The van der Waals surface area contributed by atoms with Gasteiger partial charge >= 0.3 is 0 Å². The monoisotopic (exact) mass is 172 g/mol. The summed E-state index contributed by atoms with van der Waals surface area (Å²) in [5.41, 5.74) is 0. The first-order valence-electron chi connectivity index (χ1n) is 3.99. The fourth-order valence-electron chi connectivity index (χ4n) is 0.828. The first-order valence-corrected chi connectivity index (χ1v) is 4.98. The van der Waals surface area contributed by atoms with E-state index in [-0.39, 0.29) is 0 Å². The van der Waals surface area contributed by atoms with Gasteiger partial charge in [0, 0.05) is 11.3 Å². The molecule has 1 rings (SSSR count). The Bertz CT molecular complexity index is 158. The van der Waals surface area contributed by atoms with Crippen molar-refractivity contribution in [3.63, 3.8) is 0 Å². The lowest BCUT2D eigenvalue weighted by Crippen LogP contribution is -2.23. The maximum atomic E-state index is 4.32. The predicted molar refractivity (Wildman–Crippen MR) is 52.5 cm³/mol. The molecule has 0 amide bonds. The molecule has 11 heavy (non-hydrogen) atoms. The molecule has 0 saturated heterocycles. The first-order chi connectivity index (χ1) is 5.08. The van der Waals surface area contributed by atoms with Crippen LogP contribution in [0, 0.1) is 0 Å². The van der Waals surface area contributed by atoms with Gasteiger partial charge in [0.05, 0.1) is 12.3 Å². The van der Waals surface area contributed by atoms with E-state index in [1.807, 2.05) is 11.8 Å². The molecule has 0 aromatic carbocycles. The summed E-state index contributed by atoms with van der Waals surface area (Å²) in [7, 11) is 0. The van der Waals surface area contributed by atoms with Crippen LogP contribution in [0.4, 0.5) is 0 Å². The van der Waals surface area contributed by atoms with Crippen LogP contribution < -0.4 is 5.32 Å². The fourth-order valence-corrected chi connectivity index (χ4v) is 1.59. The summed E-state index contributed by atoms with van der Waals surface area (Å²) in [5.74, 6) is 2.20. The number of hydrogen-bond donors (Lipinski definition) is 1. The summed E-state index contributed by atoms with van der Waals surface area (Å²) >= 11 is 1.94. The normalized spacial score (nSPS) is 17.9. The van der Waals surface area contributed by atoms with E-state index in [1.165, 1.54) is 5.84 Å². The van der Waals surface area contributed by atoms with E-state index < -0.39 is 0 Å². The van der Waals surface area contributed by atoms with Gasteiger partial charge in [0.1, 0.15) is 5.84 Å². The molecule has 1 heterocycles. The van der Waals surface area contributed by atoms with Crippen LogP contribution in [0.15, 0.2) is 4.99 Å². The summed E-state index contributed by atoms with van der Waals surface area (Å²) < 4.78 is 0.354. The van der Waals surface area contributed by atoms with Crippen molar-refractivity contribution in [3.8, 4) is 0 Å². The maximum Gasteiger partial charge on any atom is 0.106 e. The van der Waals surface area contributed by atoms with Crippen LogP contribution in [0.25, 0.3) is 0 Å². The molecule has 64 valence electrons. The number of aliphatic imine (C=N–C) groups is 1. The molecule has 1 aliphatic rings. The van der Waals surface area contributed by atoms with E-state index in [1.54, 1.807) is 0 Å². The van der Waals surface area contributed by atoms with E-state index in [9.17, 15) is 0 Å². The van der Waals surface area contributed by atoms with Crippen LogP contribution in [0.1, 0.15) is 20.8 Å². The Morgan fingerprint density at radius 2 is 2.27 bits per heavy atom. The molecule has 0 bridgehead atoms. The second kappa shape index (κ2) is 3.48. The molecular formula is C8H16N2S. The highest BCUT2D eigenvalue weighted by Gasteiger charge is 2.13. The summed E-state index contributed by atoms with van der Waals surface area (Å²) in [4.78, 5) is 4.32. The number of hydrogen-bond acceptors (Lipinski definition) is 3.